The van der Waals surface area contributed by atoms with Crippen molar-refractivity contribution in [3.63, 3.8) is 0 Å². The van der Waals surface area contributed by atoms with Gasteiger partial charge in [0.2, 0.25) is 0 Å². The minimum absolute atomic E-state index is 0.276. The molecule has 5 heterocycles. The molecule has 0 amide bonds. The summed E-state index contributed by atoms with van der Waals surface area (Å²) in [5.41, 5.74) is 2.92. The largest absolute Gasteiger partial charge is 0.351 e. The number of likely N-dealkylation sites (N-methyl/N-ethyl adjacent to an activating group) is 1. The first-order valence-corrected chi connectivity index (χ1v) is 11.0. The van der Waals surface area contributed by atoms with Gasteiger partial charge in [-0.1, -0.05) is 13.0 Å². The SMILES string of the molecule is CCN1CCN(c2ccnc(-c3cnc4cnc(Br)cn34)n2)C(C)C1C1=CCN=C1. The molecule has 9 heteroatoms. The Balaban J connectivity index is 1.50. The third-order valence-corrected chi connectivity index (χ3v) is 6.33. The molecule has 0 radical (unpaired) electrons. The highest BCUT2D eigenvalue weighted by Gasteiger charge is 2.36. The van der Waals surface area contributed by atoms with Gasteiger partial charge in [0.25, 0.3) is 0 Å². The molecule has 0 aromatic carbocycles. The van der Waals surface area contributed by atoms with E-state index in [-0.39, 0.29) is 6.04 Å². The van der Waals surface area contributed by atoms with E-state index in [0.717, 1.165) is 47.9 Å². The minimum atomic E-state index is 0.276. The van der Waals surface area contributed by atoms with Crippen LogP contribution in [0.25, 0.3) is 17.2 Å². The molecule has 1 fully saturated rings. The average molecular weight is 467 g/mol. The van der Waals surface area contributed by atoms with Crippen LogP contribution in [0.3, 0.4) is 0 Å². The molecule has 154 valence electrons. The van der Waals surface area contributed by atoms with Gasteiger partial charge in [-0.15, -0.1) is 0 Å². The quantitative estimate of drug-likeness (QED) is 0.588. The molecule has 2 atom stereocenters. The smallest absolute Gasteiger partial charge is 0.180 e. The summed E-state index contributed by atoms with van der Waals surface area (Å²) in [6, 6.07) is 2.58. The van der Waals surface area contributed by atoms with Gasteiger partial charge in [-0.2, -0.15) is 0 Å². The Kier molecular flexibility index (Phi) is 5.08. The van der Waals surface area contributed by atoms with Crippen LogP contribution in [0.1, 0.15) is 13.8 Å². The van der Waals surface area contributed by atoms with Crippen LogP contribution in [0.15, 0.2) is 52.1 Å². The first kappa shape index (κ1) is 19.3. The molecule has 0 saturated carbocycles. The van der Waals surface area contributed by atoms with Crippen molar-refractivity contribution >= 4 is 33.6 Å². The molecule has 0 spiro atoms. The van der Waals surface area contributed by atoms with Gasteiger partial charge < -0.3 is 4.90 Å². The van der Waals surface area contributed by atoms with E-state index in [1.165, 1.54) is 5.57 Å². The molecular weight excluding hydrogens is 444 g/mol. The predicted molar refractivity (Wildman–Crippen MR) is 121 cm³/mol. The van der Waals surface area contributed by atoms with Crippen molar-refractivity contribution in [3.8, 4) is 11.5 Å². The Morgan fingerprint density at radius 2 is 2.07 bits per heavy atom. The van der Waals surface area contributed by atoms with E-state index >= 15 is 0 Å². The summed E-state index contributed by atoms with van der Waals surface area (Å²) in [6.07, 6.45) is 11.5. The lowest BCUT2D eigenvalue weighted by Crippen LogP contribution is -2.59. The predicted octanol–water partition coefficient (Wildman–Crippen LogP) is 2.86. The van der Waals surface area contributed by atoms with Crippen LogP contribution in [-0.4, -0.2) is 73.7 Å². The topological polar surface area (TPSA) is 74.8 Å². The van der Waals surface area contributed by atoms with E-state index in [0.29, 0.717) is 11.9 Å². The van der Waals surface area contributed by atoms with Crippen LogP contribution in [0, 0.1) is 0 Å². The lowest BCUT2D eigenvalue weighted by molar-refractivity contribution is 0.182. The van der Waals surface area contributed by atoms with Crippen molar-refractivity contribution in [1.29, 1.82) is 0 Å². The average Bonchev–Trinajstić information content (AvgIpc) is 3.43. The summed E-state index contributed by atoms with van der Waals surface area (Å²) in [4.78, 5) is 27.5. The van der Waals surface area contributed by atoms with Crippen molar-refractivity contribution in [1.82, 2.24) is 29.2 Å². The van der Waals surface area contributed by atoms with Crippen LogP contribution in [0.5, 0.6) is 0 Å². The molecule has 2 aliphatic heterocycles. The van der Waals surface area contributed by atoms with Gasteiger partial charge in [0.05, 0.1) is 25.0 Å². The maximum Gasteiger partial charge on any atom is 0.180 e. The normalized spacial score (nSPS) is 22.1. The molecule has 3 aromatic rings. The standard InChI is InChI=1S/C21H23BrN8/c1-3-28-8-9-29(14(2)20(28)15-4-6-23-10-15)18-5-7-24-21(27-18)16-11-26-19-12-25-17(22)13-30(16)19/h4-5,7,10-14,20H,3,6,8-9H2,1-2H3. The van der Waals surface area contributed by atoms with Crippen LogP contribution >= 0.6 is 15.9 Å². The Morgan fingerprint density at radius 1 is 1.17 bits per heavy atom. The molecule has 2 aliphatic rings. The molecule has 5 rings (SSSR count). The first-order valence-electron chi connectivity index (χ1n) is 10.2. The van der Waals surface area contributed by atoms with E-state index < -0.39 is 0 Å². The highest BCUT2D eigenvalue weighted by atomic mass is 79.9. The van der Waals surface area contributed by atoms with Gasteiger partial charge in [0.15, 0.2) is 11.5 Å². The van der Waals surface area contributed by atoms with Gasteiger partial charge in [-0.3, -0.25) is 14.3 Å². The number of piperazine rings is 1. The van der Waals surface area contributed by atoms with Crippen LogP contribution < -0.4 is 4.90 Å². The Labute approximate surface area is 183 Å². The van der Waals surface area contributed by atoms with E-state index in [2.05, 4.69) is 65.6 Å². The van der Waals surface area contributed by atoms with Crippen molar-refractivity contribution in [2.75, 3.05) is 31.1 Å². The summed E-state index contributed by atoms with van der Waals surface area (Å²) < 4.78 is 2.70. The Hall–Kier alpha value is -2.65. The van der Waals surface area contributed by atoms with Crippen LogP contribution in [-0.2, 0) is 0 Å². The molecule has 30 heavy (non-hydrogen) atoms. The van der Waals surface area contributed by atoms with Crippen molar-refractivity contribution < 1.29 is 0 Å². The molecule has 0 N–H and O–H groups in total. The molecule has 1 saturated heterocycles. The number of imidazole rings is 1. The van der Waals surface area contributed by atoms with Crippen molar-refractivity contribution in [2.24, 2.45) is 4.99 Å². The van der Waals surface area contributed by atoms with E-state index in [9.17, 15) is 0 Å². The number of hydrogen-bond acceptors (Lipinski definition) is 7. The summed E-state index contributed by atoms with van der Waals surface area (Å²) in [7, 11) is 0. The zero-order chi connectivity index (χ0) is 20.7. The number of aliphatic imine (C=N–C) groups is 1. The maximum absolute atomic E-state index is 4.93. The van der Waals surface area contributed by atoms with E-state index in [4.69, 9.17) is 4.98 Å². The number of halogens is 1. The lowest BCUT2D eigenvalue weighted by atomic mass is 9.95. The summed E-state index contributed by atoms with van der Waals surface area (Å²) in [5.74, 6) is 1.59. The number of nitrogens with zero attached hydrogens (tertiary/aromatic N) is 8. The van der Waals surface area contributed by atoms with E-state index in [1.807, 2.05) is 29.1 Å². The van der Waals surface area contributed by atoms with Crippen LogP contribution in [0.2, 0.25) is 0 Å². The van der Waals surface area contributed by atoms with Crippen molar-refractivity contribution in [2.45, 2.75) is 25.9 Å². The fourth-order valence-electron chi connectivity index (χ4n) is 4.45. The Morgan fingerprint density at radius 3 is 2.87 bits per heavy atom. The number of hydrogen-bond donors (Lipinski definition) is 0. The molecule has 0 aliphatic carbocycles. The van der Waals surface area contributed by atoms with E-state index in [1.54, 1.807) is 12.4 Å². The third kappa shape index (κ3) is 3.31. The van der Waals surface area contributed by atoms with Gasteiger partial charge >= 0.3 is 0 Å². The zero-order valence-electron chi connectivity index (χ0n) is 17.0. The summed E-state index contributed by atoms with van der Waals surface area (Å²) in [6.45, 7) is 8.22. The summed E-state index contributed by atoms with van der Waals surface area (Å²) >= 11 is 3.43. The van der Waals surface area contributed by atoms with Gasteiger partial charge in [-0.05, 0) is 41.0 Å². The fraction of sp³-hybridized carbons (Fsp3) is 0.381. The lowest BCUT2D eigenvalue weighted by Gasteiger charge is -2.47. The maximum atomic E-state index is 4.93. The monoisotopic (exact) mass is 466 g/mol. The van der Waals surface area contributed by atoms with Gasteiger partial charge in [0.1, 0.15) is 16.1 Å². The molecule has 2 unspecified atom stereocenters. The number of fused-ring (bicyclic) bond motifs is 1. The van der Waals surface area contributed by atoms with Gasteiger partial charge in [-0.25, -0.2) is 19.9 Å². The number of aromatic nitrogens is 5. The van der Waals surface area contributed by atoms with Crippen LogP contribution in [0.4, 0.5) is 5.82 Å². The molecule has 8 nitrogen and oxygen atoms in total. The highest BCUT2D eigenvalue weighted by Crippen LogP contribution is 2.28. The molecular formula is C21H23BrN8. The highest BCUT2D eigenvalue weighted by molar-refractivity contribution is 9.10. The summed E-state index contributed by atoms with van der Waals surface area (Å²) in [5, 5.41) is 0. The minimum Gasteiger partial charge on any atom is -0.351 e. The molecule has 0 bridgehead atoms. The second kappa shape index (κ2) is 7.88. The third-order valence-electron chi connectivity index (χ3n) is 5.92. The molecule has 3 aromatic heterocycles. The fourth-order valence-corrected chi connectivity index (χ4v) is 4.76. The first-order chi connectivity index (χ1) is 14.7. The number of anilines is 1. The number of rotatable bonds is 4. The zero-order valence-corrected chi connectivity index (χ0v) is 18.6. The Bertz CT molecular complexity index is 1140. The van der Waals surface area contributed by atoms with Gasteiger partial charge in [0, 0.05) is 37.7 Å². The van der Waals surface area contributed by atoms with Crippen molar-refractivity contribution in [3.05, 3.63) is 47.1 Å². The second-order valence-corrected chi connectivity index (χ2v) is 8.34. The second-order valence-electron chi connectivity index (χ2n) is 7.53.